The largest absolute Gasteiger partial charge is 0.248 e. The van der Waals surface area contributed by atoms with E-state index in [-0.39, 0.29) is 0 Å². The molecule has 0 spiro atoms. The molecule has 0 N–H and O–H groups in total. The van der Waals surface area contributed by atoms with Gasteiger partial charge in [-0.15, -0.1) is 0 Å². The highest BCUT2D eigenvalue weighted by molar-refractivity contribution is 6.22. The molecular formula is C44H28N4. The number of benzene rings is 7. The average molecular weight is 613 g/mol. The van der Waals surface area contributed by atoms with E-state index in [0.717, 1.165) is 44.2 Å². The second-order valence-electron chi connectivity index (χ2n) is 11.8. The molecule has 4 heteroatoms. The van der Waals surface area contributed by atoms with Crippen LogP contribution in [0.15, 0.2) is 170 Å². The molecular weight excluding hydrogens is 585 g/mol. The number of rotatable bonds is 5. The third-order valence-corrected chi connectivity index (χ3v) is 8.90. The summed E-state index contributed by atoms with van der Waals surface area (Å²) in [5, 5.41) is 4.69. The minimum absolute atomic E-state index is 0.637. The summed E-state index contributed by atoms with van der Waals surface area (Å²) in [7, 11) is 0. The number of fused-ring (bicyclic) bond motifs is 4. The number of hydrogen-bond acceptors (Lipinski definition) is 4. The maximum absolute atomic E-state index is 5.22. The van der Waals surface area contributed by atoms with Crippen LogP contribution in [-0.4, -0.2) is 19.9 Å². The lowest BCUT2D eigenvalue weighted by Gasteiger charge is -2.16. The summed E-state index contributed by atoms with van der Waals surface area (Å²) in [6, 6.07) is 58.7. The normalized spacial score (nSPS) is 11.3. The van der Waals surface area contributed by atoms with Crippen LogP contribution >= 0.6 is 0 Å². The van der Waals surface area contributed by atoms with Crippen molar-refractivity contribution >= 4 is 32.6 Å². The van der Waals surface area contributed by atoms with Crippen molar-refractivity contribution in [2.24, 2.45) is 0 Å². The number of aromatic nitrogens is 4. The van der Waals surface area contributed by atoms with E-state index in [1.54, 1.807) is 0 Å². The molecule has 0 radical (unpaired) electrons. The van der Waals surface area contributed by atoms with Crippen LogP contribution < -0.4 is 0 Å². The zero-order valence-corrected chi connectivity index (χ0v) is 26.0. The lowest BCUT2D eigenvalue weighted by molar-refractivity contribution is 1.07. The summed E-state index contributed by atoms with van der Waals surface area (Å²) in [5.41, 5.74) is 9.43. The van der Waals surface area contributed by atoms with Gasteiger partial charge in [0.15, 0.2) is 17.5 Å². The minimum Gasteiger partial charge on any atom is -0.248 e. The Kier molecular flexibility index (Phi) is 6.76. The third kappa shape index (κ3) is 4.88. The molecule has 224 valence electrons. The van der Waals surface area contributed by atoms with Crippen molar-refractivity contribution < 1.29 is 0 Å². The molecule has 48 heavy (non-hydrogen) atoms. The van der Waals surface area contributed by atoms with Crippen molar-refractivity contribution in [1.82, 2.24) is 19.9 Å². The second kappa shape index (κ2) is 11.7. The van der Waals surface area contributed by atoms with E-state index >= 15 is 0 Å². The van der Waals surface area contributed by atoms with Gasteiger partial charge in [0, 0.05) is 33.0 Å². The fourth-order valence-corrected chi connectivity index (χ4v) is 6.64. The van der Waals surface area contributed by atoms with Crippen molar-refractivity contribution in [3.8, 4) is 56.4 Å². The molecule has 9 rings (SSSR count). The van der Waals surface area contributed by atoms with E-state index in [1.165, 1.54) is 27.3 Å². The van der Waals surface area contributed by atoms with Gasteiger partial charge in [-0.2, -0.15) is 0 Å². The van der Waals surface area contributed by atoms with E-state index < -0.39 is 0 Å². The summed E-state index contributed by atoms with van der Waals surface area (Å²) < 4.78 is 0. The molecule has 0 bridgehead atoms. The summed E-state index contributed by atoms with van der Waals surface area (Å²) in [4.78, 5) is 19.9. The van der Waals surface area contributed by atoms with E-state index in [4.69, 9.17) is 19.9 Å². The van der Waals surface area contributed by atoms with Gasteiger partial charge in [0.1, 0.15) is 0 Å². The third-order valence-electron chi connectivity index (χ3n) is 8.90. The minimum atomic E-state index is 0.637. The molecule has 0 atom stereocenters. The molecule has 7 aromatic carbocycles. The predicted octanol–water partition coefficient (Wildman–Crippen LogP) is 11.1. The molecule has 0 saturated carbocycles. The molecule has 0 amide bonds. The first kappa shape index (κ1) is 27.8. The van der Waals surface area contributed by atoms with Crippen LogP contribution in [0, 0.1) is 0 Å². The van der Waals surface area contributed by atoms with Gasteiger partial charge < -0.3 is 0 Å². The van der Waals surface area contributed by atoms with Crippen LogP contribution in [0.25, 0.3) is 89.0 Å². The van der Waals surface area contributed by atoms with E-state index in [0.29, 0.717) is 17.5 Å². The highest BCUT2D eigenvalue weighted by Crippen LogP contribution is 2.42. The van der Waals surface area contributed by atoms with Gasteiger partial charge in [0.25, 0.3) is 0 Å². The standard InChI is InChI=1S/C44H28N4/c1-4-14-30(15-5-1)40-36-22-12-13-23-38(36)45-39-28-37(34-20-10-11-21-35(34)41(39)40)29-24-26-33(27-25-29)44-47-42(31-16-6-2-7-17-31)46-43(48-44)32-18-8-3-9-19-32/h1-28H. The van der Waals surface area contributed by atoms with Gasteiger partial charge in [-0.3, -0.25) is 0 Å². The molecule has 0 aliphatic heterocycles. The molecule has 0 unspecified atom stereocenters. The second-order valence-corrected chi connectivity index (χ2v) is 11.8. The zero-order valence-electron chi connectivity index (χ0n) is 26.0. The Balaban J connectivity index is 1.21. The van der Waals surface area contributed by atoms with Gasteiger partial charge in [0.05, 0.1) is 11.0 Å². The van der Waals surface area contributed by atoms with Crippen molar-refractivity contribution in [3.63, 3.8) is 0 Å². The fourth-order valence-electron chi connectivity index (χ4n) is 6.64. The van der Waals surface area contributed by atoms with Gasteiger partial charge in [0.2, 0.25) is 0 Å². The Morgan fingerprint density at radius 2 is 0.729 bits per heavy atom. The maximum atomic E-state index is 5.22. The molecule has 4 nitrogen and oxygen atoms in total. The molecule has 0 aliphatic carbocycles. The SMILES string of the molecule is c1ccc(-c2nc(-c3ccccc3)nc(-c3ccc(-c4cc5nc6ccccc6c(-c6ccccc6)c5c5ccccc45)cc3)n2)cc1. The topological polar surface area (TPSA) is 51.6 Å². The molecule has 2 heterocycles. The number of hydrogen-bond donors (Lipinski definition) is 0. The predicted molar refractivity (Wildman–Crippen MR) is 197 cm³/mol. The lowest BCUT2D eigenvalue weighted by Crippen LogP contribution is -2.00. The zero-order chi connectivity index (χ0) is 31.9. The Bertz CT molecular complexity index is 2520. The Morgan fingerprint density at radius 3 is 1.31 bits per heavy atom. The lowest BCUT2D eigenvalue weighted by atomic mass is 9.89. The highest BCUT2D eigenvalue weighted by Gasteiger charge is 2.17. The highest BCUT2D eigenvalue weighted by atomic mass is 15.0. The van der Waals surface area contributed by atoms with E-state index in [2.05, 4.69) is 109 Å². The monoisotopic (exact) mass is 612 g/mol. The van der Waals surface area contributed by atoms with Crippen LogP contribution in [0.4, 0.5) is 0 Å². The summed E-state index contributed by atoms with van der Waals surface area (Å²) >= 11 is 0. The van der Waals surface area contributed by atoms with Gasteiger partial charge in [-0.1, -0.05) is 158 Å². The Morgan fingerprint density at radius 1 is 0.292 bits per heavy atom. The van der Waals surface area contributed by atoms with Crippen molar-refractivity contribution in [2.45, 2.75) is 0 Å². The van der Waals surface area contributed by atoms with Gasteiger partial charge in [-0.05, 0) is 39.6 Å². The Hall–Kier alpha value is -6.52. The summed E-state index contributed by atoms with van der Waals surface area (Å²) in [5.74, 6) is 1.94. The number of para-hydroxylation sites is 1. The molecule has 9 aromatic rings. The summed E-state index contributed by atoms with van der Waals surface area (Å²) in [6.45, 7) is 0. The first-order chi connectivity index (χ1) is 23.8. The van der Waals surface area contributed by atoms with Crippen molar-refractivity contribution in [3.05, 3.63) is 170 Å². The van der Waals surface area contributed by atoms with Crippen LogP contribution in [0.2, 0.25) is 0 Å². The Labute approximate surface area is 278 Å². The van der Waals surface area contributed by atoms with Crippen LogP contribution in [0.1, 0.15) is 0 Å². The van der Waals surface area contributed by atoms with Crippen molar-refractivity contribution in [1.29, 1.82) is 0 Å². The quantitative estimate of drug-likeness (QED) is 0.143. The number of pyridine rings is 1. The molecule has 0 fully saturated rings. The first-order valence-corrected chi connectivity index (χ1v) is 16.1. The molecule has 0 aliphatic rings. The van der Waals surface area contributed by atoms with Crippen molar-refractivity contribution in [2.75, 3.05) is 0 Å². The fraction of sp³-hybridized carbons (Fsp3) is 0. The van der Waals surface area contributed by atoms with E-state index in [9.17, 15) is 0 Å². The van der Waals surface area contributed by atoms with E-state index in [1.807, 2.05) is 60.7 Å². The summed E-state index contributed by atoms with van der Waals surface area (Å²) in [6.07, 6.45) is 0. The van der Waals surface area contributed by atoms with Gasteiger partial charge >= 0.3 is 0 Å². The molecule has 0 saturated heterocycles. The maximum Gasteiger partial charge on any atom is 0.164 e. The molecule has 2 aromatic heterocycles. The van der Waals surface area contributed by atoms with Crippen LogP contribution in [0.3, 0.4) is 0 Å². The smallest absolute Gasteiger partial charge is 0.164 e. The first-order valence-electron chi connectivity index (χ1n) is 16.1. The number of nitrogens with zero attached hydrogens (tertiary/aromatic N) is 4. The van der Waals surface area contributed by atoms with Crippen LogP contribution in [-0.2, 0) is 0 Å². The average Bonchev–Trinajstić information content (AvgIpc) is 3.17. The van der Waals surface area contributed by atoms with Gasteiger partial charge in [-0.25, -0.2) is 19.9 Å². The van der Waals surface area contributed by atoms with Crippen LogP contribution in [0.5, 0.6) is 0 Å².